The Balaban J connectivity index is 2.66. The third-order valence-corrected chi connectivity index (χ3v) is 3.31. The van der Waals surface area contributed by atoms with Gasteiger partial charge in [0.1, 0.15) is 10.4 Å². The zero-order chi connectivity index (χ0) is 10.6. The summed E-state index contributed by atoms with van der Waals surface area (Å²) in [6.45, 7) is 4.77. The molecule has 2 nitrogen and oxygen atoms in total. The van der Waals surface area contributed by atoms with E-state index in [0.717, 1.165) is 15.9 Å². The van der Waals surface area contributed by atoms with Crippen molar-refractivity contribution in [2.75, 3.05) is 0 Å². The highest BCUT2D eigenvalue weighted by Gasteiger charge is 2.17. The van der Waals surface area contributed by atoms with Crippen LogP contribution in [0.3, 0.4) is 0 Å². The maximum atomic E-state index is 5.60. The minimum atomic E-state index is 0.550. The third-order valence-electron chi connectivity index (χ3n) is 2.97. The van der Waals surface area contributed by atoms with Gasteiger partial charge in [-0.3, -0.25) is 4.57 Å². The minimum Gasteiger partial charge on any atom is -0.471 e. The maximum absolute atomic E-state index is 5.60. The van der Waals surface area contributed by atoms with Crippen LogP contribution in [-0.2, 0) is 6.73 Å². The zero-order valence-corrected chi connectivity index (χ0v) is 9.52. The fourth-order valence-electron chi connectivity index (χ4n) is 2.26. The van der Waals surface area contributed by atoms with Crippen molar-refractivity contribution in [2.45, 2.75) is 20.6 Å². The van der Waals surface area contributed by atoms with Crippen LogP contribution in [0.1, 0.15) is 11.1 Å². The Labute approximate surface area is 93.1 Å². The van der Waals surface area contributed by atoms with Crippen LogP contribution in [0.25, 0.3) is 10.9 Å². The molecule has 0 amide bonds. The lowest BCUT2D eigenvalue weighted by molar-refractivity contribution is 0.268. The summed E-state index contributed by atoms with van der Waals surface area (Å²) in [5.74, 6) is 0.949. The van der Waals surface area contributed by atoms with Crippen LogP contribution < -0.4 is 4.74 Å². The lowest BCUT2D eigenvalue weighted by Gasteiger charge is -2.07. The molecule has 0 spiro atoms. The summed E-state index contributed by atoms with van der Waals surface area (Å²) in [5.41, 5.74) is 3.66. The van der Waals surface area contributed by atoms with Gasteiger partial charge in [-0.05, 0) is 37.1 Å². The second-order valence-corrected chi connectivity index (χ2v) is 4.39. The van der Waals surface area contributed by atoms with E-state index in [1.165, 1.54) is 16.5 Å². The van der Waals surface area contributed by atoms with Crippen LogP contribution in [0.2, 0.25) is 0 Å². The van der Waals surface area contributed by atoms with Crippen molar-refractivity contribution in [3.05, 3.63) is 34.0 Å². The van der Waals surface area contributed by atoms with Crippen molar-refractivity contribution in [1.29, 1.82) is 0 Å². The molecule has 76 valence electrons. The molecule has 0 saturated carbocycles. The van der Waals surface area contributed by atoms with Gasteiger partial charge in [0, 0.05) is 5.39 Å². The van der Waals surface area contributed by atoms with E-state index in [1.807, 2.05) is 12.1 Å². The predicted octanol–water partition coefficient (Wildman–Crippen LogP) is 3.34. The minimum absolute atomic E-state index is 0.550. The molecular formula is C12H11NOS. The molecule has 0 saturated heterocycles. The van der Waals surface area contributed by atoms with Gasteiger partial charge in [-0.15, -0.1) is 0 Å². The first-order chi connectivity index (χ1) is 7.18. The van der Waals surface area contributed by atoms with E-state index in [2.05, 4.69) is 24.5 Å². The Bertz CT molecular complexity index is 628. The summed E-state index contributed by atoms with van der Waals surface area (Å²) < 4.78 is 8.51. The molecule has 0 unspecified atom stereocenters. The van der Waals surface area contributed by atoms with Crippen molar-refractivity contribution in [3.63, 3.8) is 0 Å². The molecule has 15 heavy (non-hydrogen) atoms. The van der Waals surface area contributed by atoms with Gasteiger partial charge in [0.15, 0.2) is 6.73 Å². The first-order valence-electron chi connectivity index (χ1n) is 4.95. The number of aryl methyl sites for hydroxylation is 2. The number of rotatable bonds is 0. The predicted molar refractivity (Wildman–Crippen MR) is 62.9 cm³/mol. The highest BCUT2D eigenvalue weighted by Crippen LogP contribution is 2.34. The number of hydrogen-bond acceptors (Lipinski definition) is 2. The Morgan fingerprint density at radius 1 is 1.27 bits per heavy atom. The molecule has 1 aliphatic heterocycles. The Kier molecular flexibility index (Phi) is 1.68. The van der Waals surface area contributed by atoms with Gasteiger partial charge in [-0.1, -0.05) is 18.3 Å². The Hall–Kier alpha value is -1.35. The normalized spacial score (nSPS) is 13.2. The quantitative estimate of drug-likeness (QED) is 0.628. The van der Waals surface area contributed by atoms with Crippen LogP contribution in [0, 0.1) is 18.5 Å². The summed E-state index contributed by atoms with van der Waals surface area (Å²) in [5, 5.41) is 1.28. The van der Waals surface area contributed by atoms with Crippen molar-refractivity contribution in [1.82, 2.24) is 4.57 Å². The SMILES string of the molecule is Cc1ccc2c3c1c(C)cc(=S)n3CO2. The van der Waals surface area contributed by atoms with Crippen molar-refractivity contribution < 1.29 is 4.74 Å². The molecular weight excluding hydrogens is 206 g/mol. The molecule has 3 rings (SSSR count). The molecule has 0 fully saturated rings. The average molecular weight is 217 g/mol. The fourth-order valence-corrected chi connectivity index (χ4v) is 2.58. The third kappa shape index (κ3) is 1.07. The maximum Gasteiger partial charge on any atom is 0.166 e. The lowest BCUT2D eigenvalue weighted by Crippen LogP contribution is -1.99. The molecule has 0 radical (unpaired) electrons. The van der Waals surface area contributed by atoms with E-state index in [0.29, 0.717) is 6.73 Å². The van der Waals surface area contributed by atoms with Crippen LogP contribution in [0.4, 0.5) is 0 Å². The van der Waals surface area contributed by atoms with E-state index < -0.39 is 0 Å². The van der Waals surface area contributed by atoms with E-state index in [1.54, 1.807) is 0 Å². The summed E-state index contributed by atoms with van der Waals surface area (Å²) in [6.07, 6.45) is 0. The summed E-state index contributed by atoms with van der Waals surface area (Å²) >= 11 is 5.33. The van der Waals surface area contributed by atoms with Gasteiger partial charge in [-0.25, -0.2) is 0 Å². The number of aromatic nitrogens is 1. The van der Waals surface area contributed by atoms with Gasteiger partial charge >= 0.3 is 0 Å². The highest BCUT2D eigenvalue weighted by atomic mass is 32.1. The van der Waals surface area contributed by atoms with Crippen molar-refractivity contribution in [2.24, 2.45) is 0 Å². The van der Waals surface area contributed by atoms with Gasteiger partial charge in [0.2, 0.25) is 0 Å². The molecule has 2 aromatic rings. The van der Waals surface area contributed by atoms with E-state index >= 15 is 0 Å². The highest BCUT2D eigenvalue weighted by molar-refractivity contribution is 7.71. The number of benzene rings is 1. The molecule has 1 aliphatic rings. The van der Waals surface area contributed by atoms with Gasteiger partial charge in [-0.2, -0.15) is 0 Å². The molecule has 1 aromatic heterocycles. The number of ether oxygens (including phenoxy) is 1. The topological polar surface area (TPSA) is 14.2 Å². The second-order valence-electron chi connectivity index (χ2n) is 3.97. The Morgan fingerprint density at radius 2 is 2.07 bits per heavy atom. The molecule has 3 heteroatoms. The summed E-state index contributed by atoms with van der Waals surface area (Å²) in [6, 6.07) is 6.17. The summed E-state index contributed by atoms with van der Waals surface area (Å²) in [7, 11) is 0. The number of hydrogen-bond donors (Lipinski definition) is 0. The van der Waals surface area contributed by atoms with Gasteiger partial charge in [0.05, 0.1) is 5.52 Å². The van der Waals surface area contributed by atoms with Gasteiger partial charge in [0.25, 0.3) is 0 Å². The van der Waals surface area contributed by atoms with Crippen LogP contribution in [0.15, 0.2) is 18.2 Å². The standard InChI is InChI=1S/C12H11NOS/c1-7-3-4-9-12-11(7)8(2)5-10(15)13(12)6-14-9/h3-5H,6H2,1-2H3. The van der Waals surface area contributed by atoms with Crippen molar-refractivity contribution in [3.8, 4) is 5.75 Å². The molecule has 0 atom stereocenters. The lowest BCUT2D eigenvalue weighted by atomic mass is 10.0. The zero-order valence-electron chi connectivity index (χ0n) is 8.70. The number of pyridine rings is 1. The van der Waals surface area contributed by atoms with E-state index in [4.69, 9.17) is 17.0 Å². The van der Waals surface area contributed by atoms with Crippen LogP contribution >= 0.6 is 12.2 Å². The van der Waals surface area contributed by atoms with E-state index in [-0.39, 0.29) is 0 Å². The van der Waals surface area contributed by atoms with Crippen molar-refractivity contribution >= 4 is 23.1 Å². The molecule has 0 N–H and O–H groups in total. The first kappa shape index (κ1) is 8.92. The van der Waals surface area contributed by atoms with Crippen LogP contribution in [-0.4, -0.2) is 4.57 Å². The molecule has 0 aliphatic carbocycles. The molecule has 2 heterocycles. The van der Waals surface area contributed by atoms with Crippen LogP contribution in [0.5, 0.6) is 5.75 Å². The first-order valence-corrected chi connectivity index (χ1v) is 5.36. The van der Waals surface area contributed by atoms with E-state index in [9.17, 15) is 0 Å². The fraction of sp³-hybridized carbons (Fsp3) is 0.250. The largest absolute Gasteiger partial charge is 0.471 e. The van der Waals surface area contributed by atoms with Gasteiger partial charge < -0.3 is 4.74 Å². The monoisotopic (exact) mass is 217 g/mol. The smallest absolute Gasteiger partial charge is 0.166 e. The average Bonchev–Trinajstić information content (AvgIpc) is 2.60. The summed E-state index contributed by atoms with van der Waals surface area (Å²) in [4.78, 5) is 0. The Morgan fingerprint density at radius 3 is 2.87 bits per heavy atom. The molecule has 0 bridgehead atoms. The number of nitrogens with zero attached hydrogens (tertiary/aromatic N) is 1. The second kappa shape index (κ2) is 2.83. The molecule has 1 aromatic carbocycles.